The number of aryl methyl sites for hydroxylation is 1. The third-order valence-corrected chi connectivity index (χ3v) is 4.87. The number of nitrogens with one attached hydrogen (secondary N) is 1. The van der Waals surface area contributed by atoms with Crippen molar-refractivity contribution in [1.82, 2.24) is 20.0 Å². The molecule has 4 rings (SSSR count). The first-order chi connectivity index (χ1) is 12.6. The molecule has 0 aliphatic rings. The molecular weight excluding hydrogens is 369 g/mol. The van der Waals surface area contributed by atoms with Crippen LogP contribution in [0.15, 0.2) is 54.9 Å². The number of benzene rings is 2. The van der Waals surface area contributed by atoms with Crippen LogP contribution in [0.1, 0.15) is 11.1 Å². The first-order valence-corrected chi connectivity index (χ1v) is 8.82. The highest BCUT2D eigenvalue weighted by Gasteiger charge is 2.10. The minimum atomic E-state index is 0.371. The Kier molecular flexibility index (Phi) is 4.49. The summed E-state index contributed by atoms with van der Waals surface area (Å²) in [4.78, 5) is 0. The quantitative estimate of drug-likeness (QED) is 0.536. The lowest BCUT2D eigenvalue weighted by Gasteiger charge is -2.11. The standard InChI is InChI=1S/C19H15Cl2N5/c1-12-3-4-13(9-17(12)20)11-22-19-16-10-14(26-8-2-7-23-26)5-6-15(16)18(21)24-25-19/h2-10H,11H2,1H3,(H,22,25). The predicted molar refractivity (Wildman–Crippen MR) is 105 cm³/mol. The Morgan fingerprint density at radius 1 is 1.04 bits per heavy atom. The molecule has 0 bridgehead atoms. The van der Waals surface area contributed by atoms with Gasteiger partial charge in [0.2, 0.25) is 0 Å². The molecule has 0 spiro atoms. The Labute approximate surface area is 160 Å². The fraction of sp³-hybridized carbons (Fsp3) is 0.105. The maximum absolute atomic E-state index is 6.22. The van der Waals surface area contributed by atoms with E-state index in [4.69, 9.17) is 23.2 Å². The number of nitrogens with zero attached hydrogens (tertiary/aromatic N) is 4. The summed E-state index contributed by atoms with van der Waals surface area (Å²) >= 11 is 12.4. The lowest BCUT2D eigenvalue weighted by molar-refractivity contribution is 0.881. The molecule has 0 atom stereocenters. The van der Waals surface area contributed by atoms with E-state index in [0.717, 1.165) is 32.6 Å². The average Bonchev–Trinajstić information content (AvgIpc) is 3.18. The summed E-state index contributed by atoms with van der Waals surface area (Å²) in [6, 6.07) is 13.7. The van der Waals surface area contributed by atoms with E-state index in [0.29, 0.717) is 17.5 Å². The van der Waals surface area contributed by atoms with Gasteiger partial charge in [-0.25, -0.2) is 4.68 Å². The monoisotopic (exact) mass is 383 g/mol. The van der Waals surface area contributed by atoms with Crippen LogP contribution in [0.3, 0.4) is 0 Å². The second-order valence-electron chi connectivity index (χ2n) is 5.96. The molecule has 1 N–H and O–H groups in total. The van der Waals surface area contributed by atoms with Crippen molar-refractivity contribution in [2.24, 2.45) is 0 Å². The molecule has 7 heteroatoms. The third-order valence-electron chi connectivity index (χ3n) is 4.18. The molecule has 5 nitrogen and oxygen atoms in total. The van der Waals surface area contributed by atoms with Gasteiger partial charge in [0, 0.05) is 34.7 Å². The largest absolute Gasteiger partial charge is 0.364 e. The predicted octanol–water partition coefficient (Wildman–Crippen LogP) is 5.04. The Morgan fingerprint density at radius 3 is 2.69 bits per heavy atom. The minimum absolute atomic E-state index is 0.371. The molecule has 4 aromatic rings. The van der Waals surface area contributed by atoms with Gasteiger partial charge in [-0.2, -0.15) is 5.10 Å². The van der Waals surface area contributed by atoms with Gasteiger partial charge in [0.1, 0.15) is 0 Å². The van der Waals surface area contributed by atoms with Gasteiger partial charge in [0.25, 0.3) is 0 Å². The molecule has 0 unspecified atom stereocenters. The van der Waals surface area contributed by atoms with Crippen molar-refractivity contribution < 1.29 is 0 Å². The van der Waals surface area contributed by atoms with Crippen LogP contribution in [0, 0.1) is 6.92 Å². The summed E-state index contributed by atoms with van der Waals surface area (Å²) in [5.41, 5.74) is 3.04. The lowest BCUT2D eigenvalue weighted by Crippen LogP contribution is -2.04. The van der Waals surface area contributed by atoms with Crippen LogP contribution in [-0.4, -0.2) is 20.0 Å². The van der Waals surface area contributed by atoms with E-state index < -0.39 is 0 Å². The smallest absolute Gasteiger partial charge is 0.159 e. The van der Waals surface area contributed by atoms with E-state index in [1.165, 1.54) is 0 Å². The Hall–Kier alpha value is -2.63. The fourth-order valence-electron chi connectivity index (χ4n) is 2.74. The highest BCUT2D eigenvalue weighted by Crippen LogP contribution is 2.28. The molecule has 0 aliphatic heterocycles. The van der Waals surface area contributed by atoms with Crippen LogP contribution in [-0.2, 0) is 6.54 Å². The zero-order valence-corrected chi connectivity index (χ0v) is 15.5. The second kappa shape index (κ2) is 6.94. The number of hydrogen-bond donors (Lipinski definition) is 1. The van der Waals surface area contributed by atoms with E-state index >= 15 is 0 Å². The molecule has 0 fully saturated rings. The van der Waals surface area contributed by atoms with Crippen molar-refractivity contribution in [3.05, 3.63) is 76.2 Å². The van der Waals surface area contributed by atoms with E-state index in [1.54, 1.807) is 10.9 Å². The summed E-state index contributed by atoms with van der Waals surface area (Å²) in [5, 5.41) is 18.7. The maximum atomic E-state index is 6.22. The zero-order valence-electron chi connectivity index (χ0n) is 13.9. The Bertz CT molecular complexity index is 1080. The number of fused-ring (bicyclic) bond motifs is 1. The van der Waals surface area contributed by atoms with Crippen LogP contribution in [0.4, 0.5) is 5.82 Å². The van der Waals surface area contributed by atoms with Crippen LogP contribution in [0.2, 0.25) is 10.2 Å². The van der Waals surface area contributed by atoms with Gasteiger partial charge < -0.3 is 5.32 Å². The number of hydrogen-bond acceptors (Lipinski definition) is 4. The van der Waals surface area contributed by atoms with E-state index in [1.807, 2.05) is 55.6 Å². The molecule has 0 aliphatic carbocycles. The summed E-state index contributed by atoms with van der Waals surface area (Å²) in [5.74, 6) is 0.662. The number of rotatable bonds is 4. The SMILES string of the molecule is Cc1ccc(CNc2nnc(Cl)c3ccc(-n4cccn4)cc23)cc1Cl. The highest BCUT2D eigenvalue weighted by atomic mass is 35.5. The summed E-state index contributed by atoms with van der Waals surface area (Å²) < 4.78 is 1.79. The molecule has 26 heavy (non-hydrogen) atoms. The molecule has 0 amide bonds. The van der Waals surface area contributed by atoms with E-state index in [2.05, 4.69) is 20.6 Å². The van der Waals surface area contributed by atoms with E-state index in [9.17, 15) is 0 Å². The topological polar surface area (TPSA) is 55.6 Å². The van der Waals surface area contributed by atoms with E-state index in [-0.39, 0.29) is 0 Å². The minimum Gasteiger partial charge on any atom is -0.364 e. The molecule has 130 valence electrons. The van der Waals surface area contributed by atoms with Crippen molar-refractivity contribution in [3.8, 4) is 5.69 Å². The van der Waals surface area contributed by atoms with Crippen LogP contribution in [0.25, 0.3) is 16.5 Å². The van der Waals surface area contributed by atoms with Gasteiger partial charge in [-0.05, 0) is 48.4 Å². The first-order valence-electron chi connectivity index (χ1n) is 8.07. The Balaban J connectivity index is 1.70. The molecule has 2 aromatic heterocycles. The summed E-state index contributed by atoms with van der Waals surface area (Å²) in [6.07, 6.45) is 3.63. The van der Waals surface area contributed by atoms with Crippen molar-refractivity contribution in [2.75, 3.05) is 5.32 Å². The van der Waals surface area contributed by atoms with Crippen LogP contribution in [0.5, 0.6) is 0 Å². The third kappa shape index (κ3) is 3.23. The van der Waals surface area contributed by atoms with Crippen molar-refractivity contribution in [2.45, 2.75) is 13.5 Å². The average molecular weight is 384 g/mol. The highest BCUT2D eigenvalue weighted by molar-refractivity contribution is 6.34. The van der Waals surface area contributed by atoms with Gasteiger partial charge in [-0.15, -0.1) is 10.2 Å². The molecule has 2 heterocycles. The second-order valence-corrected chi connectivity index (χ2v) is 6.72. The molecule has 2 aromatic carbocycles. The first kappa shape index (κ1) is 16.8. The van der Waals surface area contributed by atoms with Crippen molar-refractivity contribution in [3.63, 3.8) is 0 Å². The lowest BCUT2D eigenvalue weighted by atomic mass is 10.1. The van der Waals surface area contributed by atoms with Gasteiger partial charge in [0.05, 0.1) is 5.69 Å². The van der Waals surface area contributed by atoms with Crippen molar-refractivity contribution >= 4 is 39.8 Å². The molecule has 0 saturated carbocycles. The van der Waals surface area contributed by atoms with Crippen molar-refractivity contribution in [1.29, 1.82) is 0 Å². The van der Waals surface area contributed by atoms with Gasteiger partial charge >= 0.3 is 0 Å². The van der Waals surface area contributed by atoms with Gasteiger partial charge in [-0.3, -0.25) is 0 Å². The van der Waals surface area contributed by atoms with Crippen LogP contribution >= 0.6 is 23.2 Å². The normalized spacial score (nSPS) is 11.0. The summed E-state index contributed by atoms with van der Waals surface area (Å²) in [7, 11) is 0. The maximum Gasteiger partial charge on any atom is 0.159 e. The number of anilines is 1. The zero-order chi connectivity index (χ0) is 18.1. The number of halogens is 2. The van der Waals surface area contributed by atoms with Crippen LogP contribution < -0.4 is 5.32 Å². The molecule has 0 radical (unpaired) electrons. The Morgan fingerprint density at radius 2 is 1.92 bits per heavy atom. The number of aromatic nitrogens is 4. The molecule has 0 saturated heterocycles. The van der Waals surface area contributed by atoms with Gasteiger partial charge in [-0.1, -0.05) is 35.3 Å². The summed E-state index contributed by atoms with van der Waals surface area (Å²) in [6.45, 7) is 2.56. The fourth-order valence-corrected chi connectivity index (χ4v) is 3.14. The molecular formula is C19H15Cl2N5. The van der Waals surface area contributed by atoms with Gasteiger partial charge in [0.15, 0.2) is 11.0 Å².